The third kappa shape index (κ3) is 6.23. The van der Waals surface area contributed by atoms with Crippen molar-refractivity contribution >= 4 is 11.6 Å². The molecule has 2 aliphatic carbocycles. The summed E-state index contributed by atoms with van der Waals surface area (Å²) >= 11 is 5.88. The Morgan fingerprint density at radius 2 is 1.54 bits per heavy atom. The number of hydrogen-bond donors (Lipinski definition) is 0. The van der Waals surface area contributed by atoms with Crippen molar-refractivity contribution in [2.45, 2.75) is 77.7 Å². The molecule has 5 heteroatoms. The molecule has 0 unspecified atom stereocenters. The molecule has 0 spiro atoms. The molecule has 0 aromatic heterocycles. The lowest BCUT2D eigenvalue weighted by atomic mass is 9.69. The van der Waals surface area contributed by atoms with Crippen LogP contribution in [-0.4, -0.2) is 13.2 Å². The van der Waals surface area contributed by atoms with Gasteiger partial charge in [0.25, 0.3) is 0 Å². The van der Waals surface area contributed by atoms with Crippen LogP contribution in [0.15, 0.2) is 18.2 Å². The van der Waals surface area contributed by atoms with Crippen LogP contribution in [0, 0.1) is 23.7 Å². The van der Waals surface area contributed by atoms with Gasteiger partial charge in [0, 0.05) is 11.1 Å². The van der Waals surface area contributed by atoms with E-state index in [1.165, 1.54) is 57.4 Å². The van der Waals surface area contributed by atoms with Crippen LogP contribution in [-0.2, 0) is 0 Å². The summed E-state index contributed by atoms with van der Waals surface area (Å²) in [5, 5.41) is 0.358. The predicted molar refractivity (Wildman–Crippen MR) is 109 cm³/mol. The van der Waals surface area contributed by atoms with Crippen molar-refractivity contribution in [3.05, 3.63) is 23.2 Å². The van der Waals surface area contributed by atoms with Crippen LogP contribution in [0.4, 0.5) is 8.78 Å². The van der Waals surface area contributed by atoms with E-state index in [-0.39, 0.29) is 5.75 Å². The maximum absolute atomic E-state index is 12.6. The summed E-state index contributed by atoms with van der Waals surface area (Å²) in [7, 11) is 0. The molecule has 0 radical (unpaired) electrons. The average molecular weight is 415 g/mol. The summed E-state index contributed by atoms with van der Waals surface area (Å²) in [4.78, 5) is 0. The highest BCUT2D eigenvalue weighted by Crippen LogP contribution is 2.42. The van der Waals surface area contributed by atoms with Gasteiger partial charge in [0.05, 0.1) is 6.61 Å². The fraction of sp³-hybridized carbons (Fsp3) is 0.739. The van der Waals surface area contributed by atoms with Gasteiger partial charge in [0.2, 0.25) is 0 Å². The van der Waals surface area contributed by atoms with Gasteiger partial charge in [0.15, 0.2) is 11.5 Å². The fourth-order valence-corrected chi connectivity index (χ4v) is 5.34. The summed E-state index contributed by atoms with van der Waals surface area (Å²) < 4.78 is 35.6. The van der Waals surface area contributed by atoms with E-state index in [9.17, 15) is 8.78 Å². The maximum Gasteiger partial charge on any atom is 0.387 e. The van der Waals surface area contributed by atoms with Crippen LogP contribution >= 0.6 is 11.6 Å². The number of ether oxygens (including phenoxy) is 2. The second kappa shape index (κ2) is 10.7. The second-order valence-electron chi connectivity index (χ2n) is 8.63. The Bertz CT molecular complexity index is 594. The molecular formula is C23H33ClF2O2. The van der Waals surface area contributed by atoms with Gasteiger partial charge in [-0.3, -0.25) is 0 Å². The topological polar surface area (TPSA) is 18.5 Å². The van der Waals surface area contributed by atoms with Crippen molar-refractivity contribution in [1.82, 2.24) is 0 Å². The van der Waals surface area contributed by atoms with Crippen LogP contribution in [0.5, 0.6) is 11.5 Å². The molecule has 2 nitrogen and oxygen atoms in total. The first kappa shape index (κ1) is 21.7. The SMILES string of the molecule is CCCC1CCC(C2CCC(COc3ccc(Cl)cc3OC(F)F)CC2)CC1. The zero-order chi connectivity index (χ0) is 19.9. The lowest BCUT2D eigenvalue weighted by molar-refractivity contribution is -0.0517. The maximum atomic E-state index is 12.6. The number of alkyl halides is 2. The molecule has 0 N–H and O–H groups in total. The van der Waals surface area contributed by atoms with Crippen LogP contribution in [0.25, 0.3) is 0 Å². The zero-order valence-electron chi connectivity index (χ0n) is 16.8. The second-order valence-corrected chi connectivity index (χ2v) is 9.07. The summed E-state index contributed by atoms with van der Waals surface area (Å²) in [6.07, 6.45) is 13.3. The highest BCUT2D eigenvalue weighted by Gasteiger charge is 2.31. The molecule has 28 heavy (non-hydrogen) atoms. The minimum Gasteiger partial charge on any atom is -0.489 e. The molecule has 0 aliphatic heterocycles. The summed E-state index contributed by atoms with van der Waals surface area (Å²) in [6.45, 7) is -0.0390. The van der Waals surface area contributed by atoms with Crippen molar-refractivity contribution in [2.24, 2.45) is 23.7 Å². The van der Waals surface area contributed by atoms with Crippen LogP contribution in [0.2, 0.25) is 5.02 Å². The molecule has 0 atom stereocenters. The summed E-state index contributed by atoms with van der Waals surface area (Å²) in [5.74, 6) is 3.60. The van der Waals surface area contributed by atoms with E-state index >= 15 is 0 Å². The molecule has 1 aromatic carbocycles. The highest BCUT2D eigenvalue weighted by atomic mass is 35.5. The molecule has 2 saturated carbocycles. The Morgan fingerprint density at radius 3 is 2.11 bits per heavy atom. The molecule has 0 heterocycles. The Balaban J connectivity index is 1.43. The first-order valence-electron chi connectivity index (χ1n) is 10.9. The molecule has 1 aromatic rings. The summed E-state index contributed by atoms with van der Waals surface area (Å²) in [6, 6.07) is 4.64. The van der Waals surface area contributed by atoms with E-state index in [4.69, 9.17) is 16.3 Å². The monoisotopic (exact) mass is 414 g/mol. The van der Waals surface area contributed by atoms with Crippen molar-refractivity contribution in [3.8, 4) is 11.5 Å². The number of rotatable bonds is 8. The van der Waals surface area contributed by atoms with Gasteiger partial charge in [-0.25, -0.2) is 0 Å². The van der Waals surface area contributed by atoms with Gasteiger partial charge in [-0.1, -0.05) is 44.2 Å². The van der Waals surface area contributed by atoms with E-state index in [2.05, 4.69) is 11.7 Å². The Kier molecular flexibility index (Phi) is 8.25. The third-order valence-electron chi connectivity index (χ3n) is 6.74. The third-order valence-corrected chi connectivity index (χ3v) is 6.98. The standard InChI is InChI=1S/C23H33ClF2O2/c1-2-3-16-4-8-18(9-5-16)19-10-6-17(7-11-19)15-27-21-13-12-20(24)14-22(21)28-23(25)26/h12-14,16-19,23H,2-11,15H2,1H3. The van der Waals surface area contributed by atoms with E-state index in [0.29, 0.717) is 23.3 Å². The molecule has 0 amide bonds. The van der Waals surface area contributed by atoms with Gasteiger partial charge in [-0.15, -0.1) is 0 Å². The van der Waals surface area contributed by atoms with Crippen molar-refractivity contribution in [3.63, 3.8) is 0 Å². The van der Waals surface area contributed by atoms with E-state index in [0.717, 1.165) is 30.6 Å². The van der Waals surface area contributed by atoms with Crippen molar-refractivity contribution in [2.75, 3.05) is 6.61 Å². The average Bonchev–Trinajstić information content (AvgIpc) is 2.68. The van der Waals surface area contributed by atoms with Crippen LogP contribution in [0.3, 0.4) is 0 Å². The van der Waals surface area contributed by atoms with Gasteiger partial charge in [-0.05, 0) is 74.3 Å². The first-order chi connectivity index (χ1) is 13.5. The smallest absolute Gasteiger partial charge is 0.387 e. The normalized spacial score (nSPS) is 28.3. The predicted octanol–water partition coefficient (Wildman–Crippen LogP) is 7.73. The minimum atomic E-state index is -2.89. The molecule has 3 rings (SSSR count). The Morgan fingerprint density at radius 1 is 0.929 bits per heavy atom. The van der Waals surface area contributed by atoms with E-state index in [1.54, 1.807) is 12.1 Å². The number of hydrogen-bond acceptors (Lipinski definition) is 2. The fourth-order valence-electron chi connectivity index (χ4n) is 5.18. The molecule has 0 saturated heterocycles. The van der Waals surface area contributed by atoms with Crippen molar-refractivity contribution < 1.29 is 18.3 Å². The quantitative estimate of drug-likeness (QED) is 0.433. The van der Waals surface area contributed by atoms with E-state index in [1.807, 2.05) is 0 Å². The Hall–Kier alpha value is -1.03. The van der Waals surface area contributed by atoms with Gasteiger partial charge >= 0.3 is 6.61 Å². The summed E-state index contributed by atoms with van der Waals surface area (Å²) in [5.41, 5.74) is 0. The lowest BCUT2D eigenvalue weighted by Crippen LogP contribution is -2.27. The molecule has 0 bridgehead atoms. The molecule has 158 valence electrons. The molecule has 2 fully saturated rings. The number of benzene rings is 1. The highest BCUT2D eigenvalue weighted by molar-refractivity contribution is 6.30. The zero-order valence-corrected chi connectivity index (χ0v) is 17.6. The molecular weight excluding hydrogens is 382 g/mol. The number of halogens is 3. The largest absolute Gasteiger partial charge is 0.489 e. The first-order valence-corrected chi connectivity index (χ1v) is 11.3. The minimum absolute atomic E-state index is 0.0139. The molecule has 2 aliphatic rings. The van der Waals surface area contributed by atoms with Gasteiger partial charge < -0.3 is 9.47 Å². The van der Waals surface area contributed by atoms with Gasteiger partial charge in [0.1, 0.15) is 0 Å². The van der Waals surface area contributed by atoms with Gasteiger partial charge in [-0.2, -0.15) is 8.78 Å². The van der Waals surface area contributed by atoms with Crippen LogP contribution < -0.4 is 9.47 Å². The Labute approximate surface area is 172 Å². The van der Waals surface area contributed by atoms with Crippen molar-refractivity contribution in [1.29, 1.82) is 0 Å². The lowest BCUT2D eigenvalue weighted by Gasteiger charge is -2.37. The van der Waals surface area contributed by atoms with E-state index < -0.39 is 6.61 Å². The van der Waals surface area contributed by atoms with Crippen LogP contribution in [0.1, 0.15) is 71.1 Å².